The zero-order valence-corrected chi connectivity index (χ0v) is 18.2. The van der Waals surface area contributed by atoms with Crippen LogP contribution in [0, 0.1) is 6.92 Å². The van der Waals surface area contributed by atoms with Crippen LogP contribution in [-0.2, 0) is 10.5 Å². The lowest BCUT2D eigenvalue weighted by Crippen LogP contribution is -2.19. The summed E-state index contributed by atoms with van der Waals surface area (Å²) < 4.78 is 1.60. The van der Waals surface area contributed by atoms with Gasteiger partial charge in [-0.2, -0.15) is 5.10 Å². The van der Waals surface area contributed by atoms with E-state index in [9.17, 15) is 4.79 Å². The van der Waals surface area contributed by atoms with Crippen LogP contribution in [0.5, 0.6) is 0 Å². The highest BCUT2D eigenvalue weighted by Gasteiger charge is 2.09. The molecule has 1 heterocycles. The molecule has 0 spiro atoms. The number of hydrogen-bond donors (Lipinski definition) is 1. The molecular weight excluding hydrogens is 432 g/mol. The van der Waals surface area contributed by atoms with E-state index < -0.39 is 0 Å². The minimum atomic E-state index is -0.186. The van der Waals surface area contributed by atoms with Crippen LogP contribution in [0.2, 0.25) is 5.02 Å². The highest BCUT2D eigenvalue weighted by Crippen LogP contribution is 2.32. The van der Waals surface area contributed by atoms with Gasteiger partial charge in [0.1, 0.15) is 0 Å². The molecule has 0 bridgehead atoms. The summed E-state index contributed by atoms with van der Waals surface area (Å²) in [6.45, 7) is 2.01. The second-order valence-electron chi connectivity index (χ2n) is 5.71. The van der Waals surface area contributed by atoms with E-state index in [1.54, 1.807) is 18.0 Å². The molecule has 1 amide bonds. The number of carbonyl (C=O) groups excluding carboxylic acids is 1. The van der Waals surface area contributed by atoms with Crippen molar-refractivity contribution < 1.29 is 4.79 Å². The molecule has 0 radical (unpaired) electrons. The van der Waals surface area contributed by atoms with Crippen LogP contribution in [-0.4, -0.2) is 28.1 Å². The topological polar surface area (TPSA) is 67.2 Å². The molecule has 28 heavy (non-hydrogen) atoms. The molecule has 3 aromatic rings. The van der Waals surface area contributed by atoms with E-state index in [0.717, 1.165) is 36.1 Å². The van der Waals surface area contributed by atoms with E-state index in [1.807, 2.05) is 55.5 Å². The second kappa shape index (κ2) is 10.6. The maximum atomic E-state index is 11.9. The van der Waals surface area contributed by atoms with Crippen molar-refractivity contribution in [2.45, 2.75) is 21.4 Å². The third-order valence-corrected chi connectivity index (χ3v) is 7.08. The zero-order valence-electron chi connectivity index (χ0n) is 15.0. The van der Waals surface area contributed by atoms with Crippen LogP contribution in [0.25, 0.3) is 0 Å². The summed E-state index contributed by atoms with van der Waals surface area (Å²) >= 11 is 10.5. The Kier molecular flexibility index (Phi) is 7.90. The van der Waals surface area contributed by atoms with Gasteiger partial charge in [0, 0.05) is 10.8 Å². The van der Waals surface area contributed by atoms with Crippen LogP contribution >= 0.6 is 46.5 Å². The van der Waals surface area contributed by atoms with Gasteiger partial charge in [-0.1, -0.05) is 94.5 Å². The molecule has 0 fully saturated rings. The highest BCUT2D eigenvalue weighted by molar-refractivity contribution is 8.03. The van der Waals surface area contributed by atoms with Crippen LogP contribution in [0.4, 0.5) is 0 Å². The van der Waals surface area contributed by atoms with Gasteiger partial charge in [-0.3, -0.25) is 4.79 Å². The van der Waals surface area contributed by atoms with Crippen molar-refractivity contribution in [3.8, 4) is 0 Å². The van der Waals surface area contributed by atoms with Crippen LogP contribution in [0.15, 0.2) is 62.3 Å². The van der Waals surface area contributed by atoms with E-state index >= 15 is 0 Å². The Labute approximate surface area is 181 Å². The molecule has 9 heteroatoms. The first-order valence-corrected chi connectivity index (χ1v) is 11.5. The number of nitrogens with one attached hydrogen (secondary N) is 1. The molecule has 0 aliphatic carbocycles. The molecule has 2 aromatic carbocycles. The van der Waals surface area contributed by atoms with Crippen LogP contribution in [0.1, 0.15) is 16.7 Å². The molecule has 0 saturated heterocycles. The Morgan fingerprint density at radius 3 is 2.75 bits per heavy atom. The number of nitrogens with zero attached hydrogens (tertiary/aromatic N) is 3. The highest BCUT2D eigenvalue weighted by atomic mass is 35.5. The second-order valence-corrected chi connectivity index (χ2v) is 9.54. The molecule has 5 nitrogen and oxygen atoms in total. The van der Waals surface area contributed by atoms with Gasteiger partial charge in [0.05, 0.1) is 12.0 Å². The van der Waals surface area contributed by atoms with Crippen molar-refractivity contribution in [1.82, 2.24) is 15.6 Å². The lowest BCUT2D eigenvalue weighted by atomic mass is 10.2. The van der Waals surface area contributed by atoms with Crippen LogP contribution < -0.4 is 5.43 Å². The number of aromatic nitrogens is 2. The summed E-state index contributed by atoms with van der Waals surface area (Å²) in [7, 11) is 0. The van der Waals surface area contributed by atoms with Gasteiger partial charge in [0.15, 0.2) is 8.68 Å². The lowest BCUT2D eigenvalue weighted by Gasteiger charge is -2.00. The Balaban J connectivity index is 1.42. The predicted molar refractivity (Wildman–Crippen MR) is 119 cm³/mol. The number of halogens is 1. The van der Waals surface area contributed by atoms with Crippen molar-refractivity contribution in [3.63, 3.8) is 0 Å². The minimum absolute atomic E-state index is 0.186. The fourth-order valence-electron chi connectivity index (χ4n) is 2.16. The van der Waals surface area contributed by atoms with Gasteiger partial charge in [-0.05, 0) is 24.1 Å². The summed E-state index contributed by atoms with van der Waals surface area (Å²) in [6.07, 6.45) is 1.63. The first kappa shape index (κ1) is 20.9. The molecule has 0 atom stereocenters. The number of amides is 1. The molecule has 0 aliphatic rings. The molecular formula is C19H17ClN4OS3. The van der Waals surface area contributed by atoms with E-state index in [4.69, 9.17) is 11.6 Å². The number of thioether (sulfide) groups is 2. The number of aryl methyl sites for hydroxylation is 1. The Bertz CT molecular complexity index is 977. The third-order valence-electron chi connectivity index (χ3n) is 3.47. The molecule has 1 N–H and O–H groups in total. The average Bonchev–Trinajstić information content (AvgIpc) is 3.14. The monoisotopic (exact) mass is 448 g/mol. The maximum Gasteiger partial charge on any atom is 0.250 e. The molecule has 0 saturated carbocycles. The Morgan fingerprint density at radius 2 is 1.96 bits per heavy atom. The molecule has 3 rings (SSSR count). The Hall–Kier alpha value is -1.87. The standard InChI is InChI=1S/C19H17ClN4OS3/c1-13-5-4-6-14(9-13)10-21-22-17(25)12-27-19-24-23-18(28-19)26-11-15-7-2-3-8-16(15)20/h2-10H,11-12H2,1H3,(H,22,25)/b21-10+. The van der Waals surface area contributed by atoms with Crippen molar-refractivity contribution >= 4 is 58.6 Å². The molecule has 0 unspecified atom stereocenters. The number of carbonyl (C=O) groups is 1. The van der Waals surface area contributed by atoms with E-state index in [0.29, 0.717) is 0 Å². The van der Waals surface area contributed by atoms with E-state index in [1.165, 1.54) is 23.1 Å². The summed E-state index contributed by atoms with van der Waals surface area (Å²) in [4.78, 5) is 11.9. The fraction of sp³-hybridized carbons (Fsp3) is 0.158. The number of rotatable bonds is 8. The Morgan fingerprint density at radius 1 is 1.18 bits per heavy atom. The van der Waals surface area contributed by atoms with Gasteiger partial charge in [-0.25, -0.2) is 5.43 Å². The largest absolute Gasteiger partial charge is 0.272 e. The lowest BCUT2D eigenvalue weighted by molar-refractivity contribution is -0.118. The van der Waals surface area contributed by atoms with Crippen molar-refractivity contribution in [2.24, 2.45) is 5.10 Å². The van der Waals surface area contributed by atoms with Crippen molar-refractivity contribution in [3.05, 3.63) is 70.2 Å². The van der Waals surface area contributed by atoms with Gasteiger partial charge in [0.25, 0.3) is 5.91 Å². The van der Waals surface area contributed by atoms with Crippen molar-refractivity contribution in [1.29, 1.82) is 0 Å². The average molecular weight is 449 g/mol. The third kappa shape index (κ3) is 6.63. The maximum absolute atomic E-state index is 11.9. The van der Waals surface area contributed by atoms with Gasteiger partial charge in [0.2, 0.25) is 0 Å². The predicted octanol–water partition coefficient (Wildman–Crippen LogP) is 5.03. The molecule has 0 aliphatic heterocycles. The van der Waals surface area contributed by atoms with Gasteiger partial charge in [-0.15, -0.1) is 10.2 Å². The van der Waals surface area contributed by atoms with Gasteiger partial charge >= 0.3 is 0 Å². The summed E-state index contributed by atoms with van der Waals surface area (Å²) in [5.41, 5.74) is 5.67. The number of hydrogen-bond acceptors (Lipinski definition) is 7. The summed E-state index contributed by atoms with van der Waals surface area (Å²) in [5, 5.41) is 13.0. The van der Waals surface area contributed by atoms with Crippen LogP contribution in [0.3, 0.4) is 0 Å². The van der Waals surface area contributed by atoms with E-state index in [-0.39, 0.29) is 11.7 Å². The first-order chi connectivity index (χ1) is 13.6. The smallest absolute Gasteiger partial charge is 0.250 e. The zero-order chi connectivity index (χ0) is 19.8. The quantitative estimate of drug-likeness (QED) is 0.297. The molecule has 1 aromatic heterocycles. The van der Waals surface area contributed by atoms with Gasteiger partial charge < -0.3 is 0 Å². The fourth-order valence-corrected chi connectivity index (χ4v) is 5.26. The summed E-state index contributed by atoms with van der Waals surface area (Å²) in [5.74, 6) is 0.775. The number of hydrazone groups is 1. The minimum Gasteiger partial charge on any atom is -0.272 e. The van der Waals surface area contributed by atoms with E-state index in [2.05, 4.69) is 20.7 Å². The van der Waals surface area contributed by atoms with Crippen molar-refractivity contribution in [2.75, 3.05) is 5.75 Å². The number of benzene rings is 2. The molecule has 144 valence electrons. The SMILES string of the molecule is Cc1cccc(/C=N/NC(=O)CSc2nnc(SCc3ccccc3Cl)s2)c1. The normalized spacial score (nSPS) is 11.1. The first-order valence-electron chi connectivity index (χ1n) is 8.31. The summed E-state index contributed by atoms with van der Waals surface area (Å²) in [6, 6.07) is 15.6.